The standard InChI is InChI=1S/C13H24N2OS/c14-11-13(4-2-1-3-5-13)10-12(16)15-6-8-17-9-7-15/h1-11,14H2. The van der Waals surface area contributed by atoms with E-state index in [-0.39, 0.29) is 5.41 Å². The van der Waals surface area contributed by atoms with E-state index < -0.39 is 0 Å². The first kappa shape index (κ1) is 13.2. The highest BCUT2D eigenvalue weighted by Gasteiger charge is 2.34. The van der Waals surface area contributed by atoms with E-state index in [2.05, 4.69) is 0 Å². The van der Waals surface area contributed by atoms with E-state index in [1.807, 2.05) is 16.7 Å². The largest absolute Gasteiger partial charge is 0.341 e. The topological polar surface area (TPSA) is 46.3 Å². The third-order valence-corrected chi connectivity index (χ3v) is 5.18. The van der Waals surface area contributed by atoms with Crippen molar-refractivity contribution in [3.05, 3.63) is 0 Å². The fourth-order valence-electron chi connectivity index (χ4n) is 3.00. The lowest BCUT2D eigenvalue weighted by molar-refractivity contribution is -0.133. The summed E-state index contributed by atoms with van der Waals surface area (Å²) < 4.78 is 0. The summed E-state index contributed by atoms with van der Waals surface area (Å²) >= 11 is 1.95. The van der Waals surface area contributed by atoms with Gasteiger partial charge < -0.3 is 10.6 Å². The van der Waals surface area contributed by atoms with Crippen LogP contribution in [0.25, 0.3) is 0 Å². The molecule has 0 atom stereocenters. The van der Waals surface area contributed by atoms with Gasteiger partial charge in [0.15, 0.2) is 0 Å². The Morgan fingerprint density at radius 1 is 1.18 bits per heavy atom. The number of hydrogen-bond acceptors (Lipinski definition) is 3. The summed E-state index contributed by atoms with van der Waals surface area (Å²) in [5, 5.41) is 0. The first-order chi connectivity index (χ1) is 8.26. The number of carbonyl (C=O) groups is 1. The van der Waals surface area contributed by atoms with Crippen molar-refractivity contribution in [2.45, 2.75) is 38.5 Å². The number of carbonyl (C=O) groups excluding carboxylic acids is 1. The van der Waals surface area contributed by atoms with E-state index in [1.54, 1.807) is 0 Å². The zero-order valence-electron chi connectivity index (χ0n) is 10.6. The van der Waals surface area contributed by atoms with Crippen molar-refractivity contribution < 1.29 is 4.79 Å². The Hall–Kier alpha value is -0.220. The number of hydrogen-bond donors (Lipinski definition) is 1. The summed E-state index contributed by atoms with van der Waals surface area (Å²) in [5.74, 6) is 2.54. The van der Waals surface area contributed by atoms with Gasteiger partial charge in [-0.2, -0.15) is 11.8 Å². The lowest BCUT2D eigenvalue weighted by Crippen LogP contribution is -2.43. The zero-order valence-corrected chi connectivity index (χ0v) is 11.4. The second kappa shape index (κ2) is 6.10. The molecular formula is C13H24N2OS. The Kier molecular flexibility index (Phi) is 4.74. The molecule has 4 heteroatoms. The monoisotopic (exact) mass is 256 g/mol. The van der Waals surface area contributed by atoms with Crippen molar-refractivity contribution in [3.63, 3.8) is 0 Å². The summed E-state index contributed by atoms with van der Waals surface area (Å²) in [6, 6.07) is 0. The van der Waals surface area contributed by atoms with E-state index in [0.717, 1.165) is 37.4 Å². The molecule has 2 N–H and O–H groups in total. The molecule has 0 aromatic heterocycles. The maximum absolute atomic E-state index is 12.3. The van der Waals surface area contributed by atoms with Crippen LogP contribution in [0.5, 0.6) is 0 Å². The van der Waals surface area contributed by atoms with Crippen molar-refractivity contribution in [1.29, 1.82) is 0 Å². The summed E-state index contributed by atoms with van der Waals surface area (Å²) in [6.07, 6.45) is 6.81. The number of amides is 1. The van der Waals surface area contributed by atoms with Gasteiger partial charge >= 0.3 is 0 Å². The zero-order chi connectivity index (χ0) is 12.1. The van der Waals surface area contributed by atoms with Gasteiger partial charge in [0.1, 0.15) is 0 Å². The van der Waals surface area contributed by atoms with Crippen LogP contribution >= 0.6 is 11.8 Å². The van der Waals surface area contributed by atoms with Crippen LogP contribution in [0.15, 0.2) is 0 Å². The predicted octanol–water partition coefficient (Wildman–Crippen LogP) is 1.86. The summed E-state index contributed by atoms with van der Waals surface area (Å²) in [7, 11) is 0. The van der Waals surface area contributed by atoms with Crippen LogP contribution in [0.4, 0.5) is 0 Å². The van der Waals surface area contributed by atoms with Crippen LogP contribution in [0.1, 0.15) is 38.5 Å². The molecule has 0 spiro atoms. The molecule has 0 aromatic rings. The molecule has 3 nitrogen and oxygen atoms in total. The van der Waals surface area contributed by atoms with E-state index in [0.29, 0.717) is 18.9 Å². The molecule has 1 aliphatic carbocycles. The summed E-state index contributed by atoms with van der Waals surface area (Å²) in [6.45, 7) is 2.55. The van der Waals surface area contributed by atoms with Gasteiger partial charge in [0.05, 0.1) is 0 Å². The average Bonchev–Trinajstić information content (AvgIpc) is 2.41. The molecule has 0 aromatic carbocycles. The molecule has 2 aliphatic rings. The molecule has 98 valence electrons. The second-order valence-corrected chi connectivity index (χ2v) is 6.66. The minimum atomic E-state index is 0.125. The van der Waals surface area contributed by atoms with Crippen molar-refractivity contribution in [2.24, 2.45) is 11.1 Å². The average molecular weight is 256 g/mol. The van der Waals surface area contributed by atoms with Gasteiger partial charge in [-0.05, 0) is 24.8 Å². The van der Waals surface area contributed by atoms with E-state index >= 15 is 0 Å². The Morgan fingerprint density at radius 2 is 1.82 bits per heavy atom. The summed E-state index contributed by atoms with van der Waals surface area (Å²) in [5.41, 5.74) is 6.07. The highest BCUT2D eigenvalue weighted by atomic mass is 32.2. The molecule has 0 unspecified atom stereocenters. The van der Waals surface area contributed by atoms with Crippen LogP contribution in [0.2, 0.25) is 0 Å². The van der Waals surface area contributed by atoms with E-state index in [1.165, 1.54) is 19.3 Å². The van der Waals surface area contributed by atoms with Crippen LogP contribution in [-0.4, -0.2) is 41.9 Å². The van der Waals surface area contributed by atoms with Gasteiger partial charge in [-0.3, -0.25) is 4.79 Å². The van der Waals surface area contributed by atoms with Crippen LogP contribution in [0, 0.1) is 5.41 Å². The minimum absolute atomic E-state index is 0.125. The Balaban J connectivity index is 1.90. The minimum Gasteiger partial charge on any atom is -0.341 e. The normalized spacial score (nSPS) is 24.6. The van der Waals surface area contributed by atoms with Crippen molar-refractivity contribution in [2.75, 3.05) is 31.1 Å². The first-order valence-electron chi connectivity index (χ1n) is 6.81. The van der Waals surface area contributed by atoms with Gasteiger partial charge in [0.2, 0.25) is 5.91 Å². The smallest absolute Gasteiger partial charge is 0.223 e. The molecule has 0 radical (unpaired) electrons. The molecule has 2 fully saturated rings. The Morgan fingerprint density at radius 3 is 2.41 bits per heavy atom. The molecular weight excluding hydrogens is 232 g/mol. The molecule has 1 aliphatic heterocycles. The number of rotatable bonds is 3. The lowest BCUT2D eigenvalue weighted by atomic mass is 9.71. The maximum atomic E-state index is 12.3. The number of thioether (sulfide) groups is 1. The summed E-state index contributed by atoms with van der Waals surface area (Å²) in [4.78, 5) is 14.3. The van der Waals surface area contributed by atoms with Crippen LogP contribution < -0.4 is 5.73 Å². The Labute approximate surface area is 108 Å². The molecule has 1 amide bonds. The van der Waals surface area contributed by atoms with Crippen molar-refractivity contribution >= 4 is 17.7 Å². The highest BCUT2D eigenvalue weighted by Crippen LogP contribution is 2.38. The highest BCUT2D eigenvalue weighted by molar-refractivity contribution is 7.99. The van der Waals surface area contributed by atoms with Gasteiger partial charge in [0.25, 0.3) is 0 Å². The van der Waals surface area contributed by atoms with Gasteiger partial charge in [-0.15, -0.1) is 0 Å². The first-order valence-corrected chi connectivity index (χ1v) is 7.97. The number of nitrogens with two attached hydrogens (primary N) is 1. The Bertz CT molecular complexity index is 258. The quantitative estimate of drug-likeness (QED) is 0.838. The van der Waals surface area contributed by atoms with E-state index in [9.17, 15) is 4.79 Å². The molecule has 2 rings (SSSR count). The van der Waals surface area contributed by atoms with Crippen molar-refractivity contribution in [3.8, 4) is 0 Å². The molecule has 1 saturated heterocycles. The van der Waals surface area contributed by atoms with E-state index in [4.69, 9.17) is 5.73 Å². The molecule has 1 heterocycles. The van der Waals surface area contributed by atoms with Gasteiger partial charge in [-0.1, -0.05) is 19.3 Å². The van der Waals surface area contributed by atoms with Crippen LogP contribution in [-0.2, 0) is 4.79 Å². The maximum Gasteiger partial charge on any atom is 0.223 e. The van der Waals surface area contributed by atoms with Gasteiger partial charge in [0, 0.05) is 31.0 Å². The third-order valence-electron chi connectivity index (χ3n) is 4.24. The predicted molar refractivity (Wildman–Crippen MR) is 73.1 cm³/mol. The fourth-order valence-corrected chi connectivity index (χ4v) is 3.90. The number of nitrogens with zero attached hydrogens (tertiary/aromatic N) is 1. The van der Waals surface area contributed by atoms with Gasteiger partial charge in [-0.25, -0.2) is 0 Å². The molecule has 17 heavy (non-hydrogen) atoms. The molecule has 1 saturated carbocycles. The van der Waals surface area contributed by atoms with Crippen LogP contribution in [0.3, 0.4) is 0 Å². The molecule has 0 bridgehead atoms. The third kappa shape index (κ3) is 3.38. The fraction of sp³-hybridized carbons (Fsp3) is 0.923. The van der Waals surface area contributed by atoms with Crippen molar-refractivity contribution in [1.82, 2.24) is 4.90 Å². The lowest BCUT2D eigenvalue weighted by Gasteiger charge is -2.38. The SMILES string of the molecule is NCC1(CC(=O)N2CCSCC2)CCCCC1. The second-order valence-electron chi connectivity index (χ2n) is 5.43.